The minimum Gasteiger partial charge on any atom is -0.339 e. The maximum atomic E-state index is 12.0. The van der Waals surface area contributed by atoms with E-state index < -0.39 is 14.6 Å². The highest BCUT2D eigenvalue weighted by molar-refractivity contribution is 7.94. The first-order valence-electron chi connectivity index (χ1n) is 5.90. The Morgan fingerprint density at radius 2 is 1.89 bits per heavy atom. The molecular weight excluding hydrogens is 268 g/mol. The zero-order valence-corrected chi connectivity index (χ0v) is 12.5. The van der Waals surface area contributed by atoms with Crippen molar-refractivity contribution in [3.63, 3.8) is 0 Å². The predicted molar refractivity (Wildman–Crippen MR) is 72.3 cm³/mol. The lowest BCUT2D eigenvalue weighted by molar-refractivity contribution is -0.138. The fraction of sp³-hybridized carbons (Fsp3) is 0.667. The van der Waals surface area contributed by atoms with E-state index in [1.165, 1.54) is 16.8 Å². The molecule has 1 rings (SSSR count). The molecule has 0 spiro atoms. The van der Waals surface area contributed by atoms with Gasteiger partial charge in [0.15, 0.2) is 9.84 Å². The van der Waals surface area contributed by atoms with Crippen LogP contribution in [0.3, 0.4) is 0 Å². The van der Waals surface area contributed by atoms with Gasteiger partial charge in [0, 0.05) is 14.1 Å². The minimum atomic E-state index is -3.13. The molecule has 108 valence electrons. The number of rotatable bonds is 4. The molecule has 1 aliphatic rings. The van der Waals surface area contributed by atoms with Gasteiger partial charge in [-0.05, 0) is 19.9 Å². The van der Waals surface area contributed by atoms with E-state index in [-0.39, 0.29) is 30.2 Å². The summed E-state index contributed by atoms with van der Waals surface area (Å²) in [5, 5.41) is 0. The molecular formula is C12H20N2O4S. The first-order valence-corrected chi connectivity index (χ1v) is 7.55. The Hall–Kier alpha value is -1.37. The summed E-state index contributed by atoms with van der Waals surface area (Å²) >= 11 is 0. The Kier molecular flexibility index (Phi) is 4.09. The maximum Gasteiger partial charge on any atom is 0.246 e. The quantitative estimate of drug-likeness (QED) is 0.664. The van der Waals surface area contributed by atoms with E-state index in [1.54, 1.807) is 20.9 Å². The van der Waals surface area contributed by atoms with Crippen LogP contribution in [0, 0.1) is 0 Å². The molecule has 0 aromatic carbocycles. The molecule has 7 heteroatoms. The largest absolute Gasteiger partial charge is 0.339 e. The van der Waals surface area contributed by atoms with Crippen molar-refractivity contribution < 1.29 is 18.0 Å². The van der Waals surface area contributed by atoms with Crippen LogP contribution < -0.4 is 0 Å². The molecule has 0 N–H and O–H groups in total. The van der Waals surface area contributed by atoms with Gasteiger partial charge in [-0.2, -0.15) is 0 Å². The molecule has 6 nitrogen and oxygen atoms in total. The van der Waals surface area contributed by atoms with Crippen LogP contribution in [0.5, 0.6) is 0 Å². The highest BCUT2D eigenvalue weighted by atomic mass is 32.2. The minimum absolute atomic E-state index is 0.0264. The Morgan fingerprint density at radius 3 is 2.26 bits per heavy atom. The van der Waals surface area contributed by atoms with Crippen molar-refractivity contribution >= 4 is 21.7 Å². The van der Waals surface area contributed by atoms with Crippen molar-refractivity contribution in [2.75, 3.05) is 26.4 Å². The van der Waals surface area contributed by atoms with Gasteiger partial charge < -0.3 is 9.80 Å². The lowest BCUT2D eigenvalue weighted by atomic mass is 10.0. The molecule has 2 amide bonds. The van der Waals surface area contributed by atoms with Gasteiger partial charge >= 0.3 is 0 Å². The summed E-state index contributed by atoms with van der Waals surface area (Å²) in [6.07, 6.45) is 1.13. The van der Waals surface area contributed by atoms with E-state index in [9.17, 15) is 18.0 Å². The number of sulfone groups is 1. The van der Waals surface area contributed by atoms with Gasteiger partial charge in [0.25, 0.3) is 0 Å². The number of carbonyl (C=O) groups is 2. The van der Waals surface area contributed by atoms with Crippen molar-refractivity contribution in [3.05, 3.63) is 12.7 Å². The van der Waals surface area contributed by atoms with Crippen molar-refractivity contribution in [3.8, 4) is 0 Å². The summed E-state index contributed by atoms with van der Waals surface area (Å²) < 4.78 is 22.3. The van der Waals surface area contributed by atoms with E-state index in [4.69, 9.17) is 0 Å². The fourth-order valence-electron chi connectivity index (χ4n) is 2.03. The molecule has 0 saturated carbocycles. The second kappa shape index (κ2) is 4.96. The zero-order valence-electron chi connectivity index (χ0n) is 11.7. The van der Waals surface area contributed by atoms with Gasteiger partial charge in [0.05, 0.1) is 23.1 Å². The predicted octanol–water partition coefficient (Wildman–Crippen LogP) is -0.335. The Balaban J connectivity index is 2.70. The number of carbonyl (C=O) groups excluding carboxylic acids is 2. The van der Waals surface area contributed by atoms with Crippen LogP contribution in [0.15, 0.2) is 12.7 Å². The first-order chi connectivity index (χ1) is 8.54. The number of amides is 2. The molecule has 0 bridgehead atoms. The zero-order chi connectivity index (χ0) is 15.0. The second-order valence-corrected chi connectivity index (χ2v) is 7.92. The lowest BCUT2D eigenvalue weighted by Crippen LogP contribution is -2.67. The van der Waals surface area contributed by atoms with Crippen molar-refractivity contribution in [2.45, 2.75) is 24.6 Å². The van der Waals surface area contributed by atoms with Gasteiger partial charge in [0.2, 0.25) is 11.8 Å². The van der Waals surface area contributed by atoms with E-state index in [1.807, 2.05) is 0 Å². The third-order valence-electron chi connectivity index (χ3n) is 3.77. The maximum absolute atomic E-state index is 12.0. The average molecular weight is 288 g/mol. The molecule has 0 radical (unpaired) electrons. The Labute approximate surface area is 114 Å². The van der Waals surface area contributed by atoms with Crippen LogP contribution in [0.25, 0.3) is 0 Å². The lowest BCUT2D eigenvalue weighted by Gasteiger charge is -2.48. The third kappa shape index (κ3) is 2.65. The summed E-state index contributed by atoms with van der Waals surface area (Å²) in [6, 6.07) is -0.350. The topological polar surface area (TPSA) is 74.8 Å². The summed E-state index contributed by atoms with van der Waals surface area (Å²) in [6.45, 7) is 6.47. The van der Waals surface area contributed by atoms with E-state index >= 15 is 0 Å². The number of hydrogen-bond acceptors (Lipinski definition) is 4. The highest BCUT2D eigenvalue weighted by Crippen LogP contribution is 2.36. The van der Waals surface area contributed by atoms with Crippen LogP contribution in [0.4, 0.5) is 0 Å². The summed E-state index contributed by atoms with van der Waals surface area (Å²) in [7, 11) is -0.0639. The summed E-state index contributed by atoms with van der Waals surface area (Å²) in [5.74, 6) is -0.658. The molecule has 1 aliphatic heterocycles. The summed E-state index contributed by atoms with van der Waals surface area (Å²) in [4.78, 5) is 26.0. The Bertz CT molecular complexity index is 510. The van der Waals surface area contributed by atoms with Gasteiger partial charge in [-0.15, -0.1) is 0 Å². The first kappa shape index (κ1) is 15.7. The molecule has 1 saturated heterocycles. The fourth-order valence-corrected chi connectivity index (χ4v) is 3.88. The molecule has 0 aromatic heterocycles. The van der Waals surface area contributed by atoms with Crippen LogP contribution in [0.1, 0.15) is 13.8 Å². The number of hydrogen-bond donors (Lipinski definition) is 0. The SMILES string of the molecule is C=CC(=O)N(C)CC(=O)N(C)C1CS(=O)(=O)C1(C)C. The van der Waals surface area contributed by atoms with Crippen molar-refractivity contribution in [1.29, 1.82) is 0 Å². The second-order valence-electron chi connectivity index (χ2n) is 5.30. The molecule has 1 unspecified atom stereocenters. The smallest absolute Gasteiger partial charge is 0.246 e. The highest BCUT2D eigenvalue weighted by Gasteiger charge is 2.56. The van der Waals surface area contributed by atoms with Crippen LogP contribution >= 0.6 is 0 Å². The van der Waals surface area contributed by atoms with Gasteiger partial charge in [-0.25, -0.2) is 8.42 Å². The van der Waals surface area contributed by atoms with Crippen molar-refractivity contribution in [2.24, 2.45) is 0 Å². The van der Waals surface area contributed by atoms with E-state index in [0.717, 1.165) is 6.08 Å². The Morgan fingerprint density at radius 1 is 1.37 bits per heavy atom. The number of likely N-dealkylation sites (N-methyl/N-ethyl adjacent to an activating group) is 2. The normalized spacial score (nSPS) is 23.1. The average Bonchev–Trinajstić information content (AvgIpc) is 2.33. The monoisotopic (exact) mass is 288 g/mol. The van der Waals surface area contributed by atoms with Gasteiger partial charge in [0.1, 0.15) is 0 Å². The van der Waals surface area contributed by atoms with Crippen molar-refractivity contribution in [1.82, 2.24) is 9.80 Å². The van der Waals surface area contributed by atoms with Crippen LogP contribution in [-0.2, 0) is 19.4 Å². The molecule has 1 heterocycles. The van der Waals surface area contributed by atoms with E-state index in [0.29, 0.717) is 0 Å². The number of nitrogens with zero attached hydrogens (tertiary/aromatic N) is 2. The molecule has 1 atom stereocenters. The molecule has 1 fully saturated rings. The molecule has 0 aromatic rings. The van der Waals surface area contributed by atoms with Gasteiger partial charge in [-0.3, -0.25) is 9.59 Å². The molecule has 0 aliphatic carbocycles. The third-order valence-corrected chi connectivity index (χ3v) is 6.40. The van der Waals surface area contributed by atoms with Crippen LogP contribution in [0.2, 0.25) is 0 Å². The molecule has 19 heavy (non-hydrogen) atoms. The standard InChI is InChI=1S/C12H20N2O4S/c1-6-10(15)13(4)7-11(16)14(5)9-8-19(17,18)12(9,2)3/h6,9H,1,7-8H2,2-5H3. The van der Waals surface area contributed by atoms with Gasteiger partial charge in [-0.1, -0.05) is 6.58 Å². The summed E-state index contributed by atoms with van der Waals surface area (Å²) in [5.41, 5.74) is 0. The van der Waals surface area contributed by atoms with Crippen LogP contribution in [-0.4, -0.2) is 67.2 Å². The van der Waals surface area contributed by atoms with E-state index in [2.05, 4.69) is 6.58 Å².